The average molecular weight is 490 g/mol. The monoisotopic (exact) mass is 489 g/mol. The molecule has 10 atom stereocenters. The number of ether oxygens (including phenoxy) is 1. The molecule has 0 bridgehead atoms. The predicted octanol–water partition coefficient (Wildman–Crippen LogP) is 2.74. The molecular weight excluding hydrogens is 449 g/mol. The van der Waals surface area contributed by atoms with Crippen molar-refractivity contribution >= 4 is 11.8 Å². The van der Waals surface area contributed by atoms with Crippen molar-refractivity contribution in [1.29, 1.82) is 0 Å². The van der Waals surface area contributed by atoms with Crippen LogP contribution < -0.4 is 5.32 Å². The first kappa shape index (κ1) is 23.9. The van der Waals surface area contributed by atoms with Crippen LogP contribution in [0.3, 0.4) is 0 Å². The summed E-state index contributed by atoms with van der Waals surface area (Å²) in [5, 5.41) is 13.3. The number of ketones is 1. The van der Waals surface area contributed by atoms with Crippen molar-refractivity contribution in [2.24, 2.45) is 17.8 Å². The summed E-state index contributed by atoms with van der Waals surface area (Å²) in [6, 6.07) is -0.137. The standard InChI is InChI=1S/C27H40FN3O4/c1-30-12-4-6-16(30)10-11-29-22-20(28)13-18-24-26(22)35-21-9-8-15-5-2-3-7-17(15)23(21)31(24)14-19(25(18)32)27(33)34/h14-18,20-24,26,29H,2-13H2,1H3,(H,33,34). The van der Waals surface area contributed by atoms with Crippen LogP contribution in [0.25, 0.3) is 0 Å². The van der Waals surface area contributed by atoms with Crippen LogP contribution in [0.4, 0.5) is 4.39 Å². The van der Waals surface area contributed by atoms with E-state index in [1.807, 2.05) is 0 Å². The first-order chi connectivity index (χ1) is 16.9. The number of nitrogens with zero attached hydrogens (tertiary/aromatic N) is 2. The maximum absolute atomic E-state index is 15.7. The molecule has 3 heterocycles. The van der Waals surface area contributed by atoms with Gasteiger partial charge in [0.1, 0.15) is 11.7 Å². The van der Waals surface area contributed by atoms with Crippen LogP contribution >= 0.6 is 0 Å². The Morgan fingerprint density at radius 2 is 2.00 bits per heavy atom. The van der Waals surface area contributed by atoms with Crippen molar-refractivity contribution in [3.05, 3.63) is 11.8 Å². The molecule has 8 heteroatoms. The number of hydrogen-bond acceptors (Lipinski definition) is 6. The quantitative estimate of drug-likeness (QED) is 0.575. The average Bonchev–Trinajstić information content (AvgIpc) is 3.26. The number of hydrogen-bond donors (Lipinski definition) is 2. The third kappa shape index (κ3) is 4.04. The van der Waals surface area contributed by atoms with E-state index in [4.69, 9.17) is 4.74 Å². The number of carbonyl (C=O) groups excluding carboxylic acids is 1. The lowest BCUT2D eigenvalue weighted by Gasteiger charge is -2.62. The van der Waals surface area contributed by atoms with Crippen molar-refractivity contribution < 1.29 is 23.8 Å². The molecule has 0 aromatic heterocycles. The largest absolute Gasteiger partial charge is 0.478 e. The SMILES string of the molecule is CN1CCCC1CCNC1C(F)CC2C(=O)C(C(=O)O)=CN3C4C(CCC5CCCCC54)OC1C23. The summed E-state index contributed by atoms with van der Waals surface area (Å²) in [6.45, 7) is 1.84. The van der Waals surface area contributed by atoms with Crippen LogP contribution in [-0.4, -0.2) is 89.3 Å². The molecule has 5 fully saturated rings. The molecule has 10 unspecified atom stereocenters. The lowest BCUT2D eigenvalue weighted by atomic mass is 9.63. The number of nitrogens with one attached hydrogen (secondary N) is 1. The molecule has 6 rings (SSSR count). The topological polar surface area (TPSA) is 82.1 Å². The smallest absolute Gasteiger partial charge is 0.340 e. The Kier molecular flexibility index (Phi) is 6.42. The van der Waals surface area contributed by atoms with Gasteiger partial charge in [-0.15, -0.1) is 0 Å². The second-order valence-electron chi connectivity index (χ2n) is 12.0. The van der Waals surface area contributed by atoms with E-state index in [-0.39, 0.29) is 30.2 Å². The molecule has 3 saturated carbocycles. The Labute approximate surface area is 207 Å². The van der Waals surface area contributed by atoms with Crippen molar-refractivity contribution in [1.82, 2.24) is 15.1 Å². The zero-order valence-electron chi connectivity index (χ0n) is 20.8. The third-order valence-corrected chi connectivity index (χ3v) is 10.2. The second kappa shape index (κ2) is 9.42. The van der Waals surface area contributed by atoms with Gasteiger partial charge in [-0.25, -0.2) is 9.18 Å². The minimum Gasteiger partial charge on any atom is -0.478 e. The van der Waals surface area contributed by atoms with Crippen LogP contribution in [0.5, 0.6) is 0 Å². The molecule has 0 radical (unpaired) electrons. The van der Waals surface area contributed by atoms with E-state index in [1.165, 1.54) is 32.1 Å². The number of halogens is 1. The van der Waals surface area contributed by atoms with E-state index in [1.54, 1.807) is 6.20 Å². The molecule has 35 heavy (non-hydrogen) atoms. The van der Waals surface area contributed by atoms with Crippen molar-refractivity contribution in [3.63, 3.8) is 0 Å². The summed E-state index contributed by atoms with van der Waals surface area (Å²) in [6.07, 6.45) is 10.2. The molecule has 2 saturated heterocycles. The first-order valence-corrected chi connectivity index (χ1v) is 13.9. The fraction of sp³-hybridized carbons (Fsp3) is 0.852. The van der Waals surface area contributed by atoms with Gasteiger partial charge in [0.15, 0.2) is 5.78 Å². The van der Waals surface area contributed by atoms with Gasteiger partial charge in [0.05, 0.1) is 30.3 Å². The Hall–Kier alpha value is -1.51. The zero-order chi connectivity index (χ0) is 24.3. The highest BCUT2D eigenvalue weighted by Gasteiger charge is 2.60. The van der Waals surface area contributed by atoms with E-state index < -0.39 is 36.0 Å². The number of Topliss-reactive ketones (excluding diaryl/α,β-unsaturated/α-hetero) is 1. The minimum atomic E-state index is -1.23. The Morgan fingerprint density at radius 1 is 1.17 bits per heavy atom. The number of aliphatic carboxylic acids is 1. The Bertz CT molecular complexity index is 882. The maximum Gasteiger partial charge on any atom is 0.340 e. The Balaban J connectivity index is 1.29. The number of morpholine rings is 1. The third-order valence-electron chi connectivity index (χ3n) is 10.2. The van der Waals surface area contributed by atoms with Gasteiger partial charge in [-0.05, 0) is 76.9 Å². The van der Waals surface area contributed by atoms with Crippen LogP contribution in [-0.2, 0) is 14.3 Å². The molecule has 0 aromatic carbocycles. The second-order valence-corrected chi connectivity index (χ2v) is 12.0. The summed E-state index contributed by atoms with van der Waals surface area (Å²) in [5.74, 6) is -1.18. The predicted molar refractivity (Wildman–Crippen MR) is 129 cm³/mol. The van der Waals surface area contributed by atoms with E-state index in [0.717, 1.165) is 38.8 Å². The summed E-state index contributed by atoms with van der Waals surface area (Å²) >= 11 is 0. The number of rotatable bonds is 5. The van der Waals surface area contributed by atoms with Crippen LogP contribution in [0.1, 0.15) is 64.2 Å². The first-order valence-electron chi connectivity index (χ1n) is 13.9. The van der Waals surface area contributed by atoms with Crippen molar-refractivity contribution in [3.8, 4) is 0 Å². The van der Waals surface area contributed by atoms with Gasteiger partial charge >= 0.3 is 5.97 Å². The molecule has 3 aliphatic carbocycles. The van der Waals surface area contributed by atoms with Crippen LogP contribution in [0, 0.1) is 17.8 Å². The van der Waals surface area contributed by atoms with Gasteiger partial charge in [0, 0.05) is 18.2 Å². The lowest BCUT2D eigenvalue weighted by molar-refractivity contribution is -0.215. The molecule has 194 valence electrons. The fourth-order valence-electron chi connectivity index (χ4n) is 8.56. The molecule has 0 amide bonds. The highest BCUT2D eigenvalue weighted by Crippen LogP contribution is 2.51. The van der Waals surface area contributed by atoms with Gasteiger partial charge < -0.3 is 25.0 Å². The molecule has 3 aliphatic heterocycles. The zero-order valence-corrected chi connectivity index (χ0v) is 20.8. The van der Waals surface area contributed by atoms with Crippen molar-refractivity contribution in [2.75, 3.05) is 20.1 Å². The van der Waals surface area contributed by atoms with Gasteiger partial charge in [0.25, 0.3) is 0 Å². The minimum absolute atomic E-state index is 0.0358. The normalized spacial score (nSPS) is 45.4. The van der Waals surface area contributed by atoms with Gasteiger partial charge in [-0.2, -0.15) is 0 Å². The van der Waals surface area contributed by atoms with Crippen LogP contribution in [0.2, 0.25) is 0 Å². The van der Waals surface area contributed by atoms with Crippen LogP contribution in [0.15, 0.2) is 11.8 Å². The maximum atomic E-state index is 15.7. The molecule has 7 nitrogen and oxygen atoms in total. The molecule has 0 spiro atoms. The summed E-state index contributed by atoms with van der Waals surface area (Å²) in [4.78, 5) is 29.8. The number of likely N-dealkylation sites (tertiary alicyclic amines) is 1. The van der Waals surface area contributed by atoms with Gasteiger partial charge in [0.2, 0.25) is 0 Å². The van der Waals surface area contributed by atoms with E-state index in [0.29, 0.717) is 17.9 Å². The number of carboxylic acid groups (broad SMARTS) is 1. The summed E-state index contributed by atoms with van der Waals surface area (Å²) < 4.78 is 22.5. The summed E-state index contributed by atoms with van der Waals surface area (Å²) in [7, 11) is 2.16. The number of fused-ring (bicyclic) bond motifs is 4. The van der Waals surface area contributed by atoms with E-state index >= 15 is 4.39 Å². The Morgan fingerprint density at radius 3 is 2.77 bits per heavy atom. The highest BCUT2D eigenvalue weighted by atomic mass is 19.1. The van der Waals surface area contributed by atoms with Crippen molar-refractivity contribution in [2.45, 2.75) is 107 Å². The molecule has 0 aromatic rings. The van der Waals surface area contributed by atoms with Gasteiger partial charge in [-0.3, -0.25) is 4.79 Å². The number of alkyl halides is 1. The molecule has 2 N–H and O–H groups in total. The highest BCUT2D eigenvalue weighted by molar-refractivity contribution is 6.18. The fourth-order valence-corrected chi connectivity index (χ4v) is 8.56. The summed E-state index contributed by atoms with van der Waals surface area (Å²) in [5.41, 5.74) is -0.175. The number of carboxylic acids is 1. The molecule has 6 aliphatic rings. The number of carbonyl (C=O) groups is 2. The van der Waals surface area contributed by atoms with E-state index in [2.05, 4.69) is 22.2 Å². The molecular formula is C27H40FN3O4. The van der Waals surface area contributed by atoms with E-state index in [9.17, 15) is 14.7 Å². The lowest BCUT2D eigenvalue weighted by Crippen LogP contribution is -2.74. The van der Waals surface area contributed by atoms with Gasteiger partial charge in [-0.1, -0.05) is 19.3 Å².